The van der Waals surface area contributed by atoms with Crippen molar-refractivity contribution in [3.05, 3.63) is 21.9 Å². The van der Waals surface area contributed by atoms with Crippen LogP contribution in [0.4, 0.5) is 0 Å². The average Bonchev–Trinajstić information content (AvgIpc) is 2.99. The summed E-state index contributed by atoms with van der Waals surface area (Å²) in [6.45, 7) is 1.24. The highest BCUT2D eigenvalue weighted by atomic mass is 32.1. The highest BCUT2D eigenvalue weighted by molar-refractivity contribution is 7.10. The van der Waals surface area contributed by atoms with Crippen molar-refractivity contribution in [3.8, 4) is 0 Å². The summed E-state index contributed by atoms with van der Waals surface area (Å²) in [6.07, 6.45) is 9.73. The van der Waals surface area contributed by atoms with Crippen LogP contribution in [0.2, 0.25) is 0 Å². The zero-order chi connectivity index (χ0) is 13.5. The Balaban J connectivity index is 1.36. The molecule has 3 heterocycles. The molecule has 1 aromatic heterocycles. The summed E-state index contributed by atoms with van der Waals surface area (Å²) in [5.74, 6) is 0.910. The molecule has 3 atom stereocenters. The molecule has 3 heteroatoms. The summed E-state index contributed by atoms with van der Waals surface area (Å²) in [7, 11) is 2.34. The number of rotatable bonds is 3. The third-order valence-corrected chi connectivity index (χ3v) is 6.90. The van der Waals surface area contributed by atoms with E-state index in [0.717, 1.165) is 18.0 Å². The summed E-state index contributed by atoms with van der Waals surface area (Å²) >= 11 is 1.95. The second-order valence-electron chi connectivity index (χ2n) is 7.04. The minimum atomic E-state index is 0.641. The topological polar surface area (TPSA) is 15.3 Å². The predicted octanol–water partition coefficient (Wildman–Crippen LogP) is 3.59. The molecule has 2 nitrogen and oxygen atoms in total. The van der Waals surface area contributed by atoms with E-state index in [-0.39, 0.29) is 0 Å². The van der Waals surface area contributed by atoms with Gasteiger partial charge in [-0.05, 0) is 81.5 Å². The molecule has 1 aromatic rings. The average molecular weight is 290 g/mol. The van der Waals surface area contributed by atoms with Gasteiger partial charge in [0.2, 0.25) is 0 Å². The summed E-state index contributed by atoms with van der Waals surface area (Å²) in [5, 5.41) is 6.18. The van der Waals surface area contributed by atoms with Crippen LogP contribution >= 0.6 is 11.3 Å². The number of aryl methyl sites for hydroxylation is 1. The largest absolute Gasteiger partial charge is 0.310 e. The van der Waals surface area contributed by atoms with Crippen LogP contribution in [0.15, 0.2) is 11.4 Å². The molecule has 3 unspecified atom stereocenters. The van der Waals surface area contributed by atoms with E-state index in [1.807, 2.05) is 11.3 Å². The second kappa shape index (κ2) is 5.43. The molecule has 0 amide bonds. The van der Waals surface area contributed by atoms with Gasteiger partial charge in [-0.15, -0.1) is 11.3 Å². The van der Waals surface area contributed by atoms with Crippen molar-refractivity contribution in [2.24, 2.45) is 5.92 Å². The zero-order valence-corrected chi connectivity index (χ0v) is 13.3. The van der Waals surface area contributed by atoms with E-state index in [9.17, 15) is 0 Å². The van der Waals surface area contributed by atoms with Crippen molar-refractivity contribution in [2.75, 3.05) is 13.6 Å². The van der Waals surface area contributed by atoms with Crippen LogP contribution in [0.3, 0.4) is 0 Å². The molecule has 2 aliphatic heterocycles. The fourth-order valence-electron chi connectivity index (χ4n) is 4.70. The number of fused-ring (bicyclic) bond motifs is 3. The van der Waals surface area contributed by atoms with E-state index < -0.39 is 0 Å². The van der Waals surface area contributed by atoms with Gasteiger partial charge in [-0.2, -0.15) is 0 Å². The molecule has 2 saturated heterocycles. The van der Waals surface area contributed by atoms with Gasteiger partial charge in [0.05, 0.1) is 0 Å². The number of piperidine rings is 1. The van der Waals surface area contributed by atoms with Crippen LogP contribution < -0.4 is 5.32 Å². The van der Waals surface area contributed by atoms with Crippen LogP contribution in [0.5, 0.6) is 0 Å². The molecule has 20 heavy (non-hydrogen) atoms. The first kappa shape index (κ1) is 13.3. The first-order chi connectivity index (χ1) is 9.81. The van der Waals surface area contributed by atoms with Crippen molar-refractivity contribution in [1.82, 2.24) is 10.2 Å². The van der Waals surface area contributed by atoms with Gasteiger partial charge < -0.3 is 10.2 Å². The van der Waals surface area contributed by atoms with Crippen molar-refractivity contribution < 1.29 is 0 Å². The number of thiophene rings is 1. The summed E-state index contributed by atoms with van der Waals surface area (Å²) in [6, 6.07) is 4.75. The minimum absolute atomic E-state index is 0.641. The van der Waals surface area contributed by atoms with Crippen LogP contribution in [0.25, 0.3) is 0 Å². The Hall–Kier alpha value is -0.380. The molecule has 0 saturated carbocycles. The van der Waals surface area contributed by atoms with E-state index >= 15 is 0 Å². The first-order valence-electron chi connectivity index (χ1n) is 8.33. The molecule has 110 valence electrons. The lowest BCUT2D eigenvalue weighted by atomic mass is 9.89. The molecule has 4 rings (SSSR count). The Morgan fingerprint density at radius 3 is 2.85 bits per heavy atom. The molecule has 1 aliphatic carbocycles. The molecule has 0 spiro atoms. The van der Waals surface area contributed by atoms with Gasteiger partial charge in [0.15, 0.2) is 0 Å². The lowest BCUT2D eigenvalue weighted by Crippen LogP contribution is -2.43. The monoisotopic (exact) mass is 290 g/mol. The Morgan fingerprint density at radius 1 is 1.25 bits per heavy atom. The minimum Gasteiger partial charge on any atom is -0.310 e. The van der Waals surface area contributed by atoms with Crippen molar-refractivity contribution >= 4 is 11.3 Å². The van der Waals surface area contributed by atoms with Crippen molar-refractivity contribution in [1.29, 1.82) is 0 Å². The molecular formula is C17H26N2S. The number of nitrogens with one attached hydrogen (secondary N) is 1. The number of hydrogen-bond acceptors (Lipinski definition) is 3. The standard InChI is InChI=1S/C17H26N2S/c1-19-13-5-6-14(19)10-12(9-13)11-18-16-3-2-4-17-15(16)7-8-20-17/h7-8,12-14,16,18H,2-6,9-11H2,1H3. The molecule has 1 N–H and O–H groups in total. The van der Waals surface area contributed by atoms with E-state index in [4.69, 9.17) is 0 Å². The van der Waals surface area contributed by atoms with Gasteiger partial charge in [0, 0.05) is 23.0 Å². The molecule has 3 aliphatic rings. The third kappa shape index (κ3) is 2.34. The normalized spacial score (nSPS) is 37.0. The highest BCUT2D eigenvalue weighted by Crippen LogP contribution is 2.38. The van der Waals surface area contributed by atoms with Crippen molar-refractivity contribution in [3.63, 3.8) is 0 Å². The fourth-order valence-corrected chi connectivity index (χ4v) is 5.69. The van der Waals surface area contributed by atoms with Crippen molar-refractivity contribution in [2.45, 2.75) is 63.1 Å². The molecular weight excluding hydrogens is 264 g/mol. The third-order valence-electron chi connectivity index (χ3n) is 5.90. The van der Waals surface area contributed by atoms with Crippen LogP contribution in [0, 0.1) is 5.92 Å². The summed E-state index contributed by atoms with van der Waals surface area (Å²) < 4.78 is 0. The Labute approximate surface area is 126 Å². The predicted molar refractivity (Wildman–Crippen MR) is 85.3 cm³/mol. The van der Waals surface area contributed by atoms with Crippen LogP contribution in [-0.2, 0) is 6.42 Å². The van der Waals surface area contributed by atoms with Gasteiger partial charge in [-0.25, -0.2) is 0 Å². The first-order valence-corrected chi connectivity index (χ1v) is 9.21. The van der Waals surface area contributed by atoms with E-state index in [2.05, 4.69) is 28.7 Å². The van der Waals surface area contributed by atoms with Gasteiger partial charge >= 0.3 is 0 Å². The van der Waals surface area contributed by atoms with E-state index in [0.29, 0.717) is 6.04 Å². The van der Waals surface area contributed by atoms with Gasteiger partial charge in [-0.3, -0.25) is 0 Å². The Kier molecular flexibility index (Phi) is 3.61. The van der Waals surface area contributed by atoms with Crippen LogP contribution in [0.1, 0.15) is 55.0 Å². The molecule has 0 radical (unpaired) electrons. The molecule has 2 fully saturated rings. The zero-order valence-electron chi connectivity index (χ0n) is 12.5. The number of hydrogen-bond donors (Lipinski definition) is 1. The van der Waals surface area contributed by atoms with E-state index in [1.165, 1.54) is 51.5 Å². The smallest absolute Gasteiger partial charge is 0.0331 e. The Morgan fingerprint density at radius 2 is 2.05 bits per heavy atom. The summed E-state index contributed by atoms with van der Waals surface area (Å²) in [4.78, 5) is 4.28. The quantitative estimate of drug-likeness (QED) is 0.915. The lowest BCUT2D eigenvalue weighted by Gasteiger charge is -2.37. The maximum Gasteiger partial charge on any atom is 0.0331 e. The molecule has 2 bridgehead atoms. The number of nitrogens with zero attached hydrogens (tertiary/aromatic N) is 1. The lowest BCUT2D eigenvalue weighted by molar-refractivity contribution is 0.130. The fraction of sp³-hybridized carbons (Fsp3) is 0.765. The maximum absolute atomic E-state index is 3.91. The Bertz CT molecular complexity index is 455. The summed E-state index contributed by atoms with van der Waals surface area (Å²) in [5.41, 5.74) is 1.61. The van der Waals surface area contributed by atoms with Gasteiger partial charge in [-0.1, -0.05) is 0 Å². The SMILES string of the molecule is CN1C2CCC1CC(CNC1CCCc3sccc31)C2. The van der Waals surface area contributed by atoms with E-state index in [1.54, 1.807) is 10.4 Å². The van der Waals surface area contributed by atoms with Crippen LogP contribution in [-0.4, -0.2) is 30.6 Å². The molecule has 0 aromatic carbocycles. The maximum atomic E-state index is 3.91. The highest BCUT2D eigenvalue weighted by Gasteiger charge is 2.38. The van der Waals surface area contributed by atoms with Gasteiger partial charge in [0.25, 0.3) is 0 Å². The second-order valence-corrected chi connectivity index (χ2v) is 8.04. The van der Waals surface area contributed by atoms with Gasteiger partial charge in [0.1, 0.15) is 0 Å².